The first-order chi connectivity index (χ1) is 12.3. The van der Waals surface area contributed by atoms with E-state index < -0.39 is 0 Å². The highest BCUT2D eigenvalue weighted by Crippen LogP contribution is 2.34. The summed E-state index contributed by atoms with van der Waals surface area (Å²) in [5.74, 6) is 1.49. The molecule has 0 fully saturated rings. The minimum atomic E-state index is 0.0203. The van der Waals surface area contributed by atoms with Gasteiger partial charge in [-0.15, -0.1) is 11.3 Å². The summed E-state index contributed by atoms with van der Waals surface area (Å²) in [4.78, 5) is 19.4. The van der Waals surface area contributed by atoms with Crippen molar-refractivity contribution in [2.45, 2.75) is 32.2 Å². The lowest BCUT2D eigenvalue weighted by molar-refractivity contribution is 0.174. The van der Waals surface area contributed by atoms with Crippen LogP contribution in [-0.4, -0.2) is 16.2 Å². The number of anilines is 1. The van der Waals surface area contributed by atoms with Gasteiger partial charge in [-0.05, 0) is 37.8 Å². The lowest BCUT2D eigenvalue weighted by Gasteiger charge is -2.10. The molecule has 1 aliphatic carbocycles. The highest BCUT2D eigenvalue weighted by Gasteiger charge is 2.18. The molecule has 6 nitrogen and oxygen atoms in total. The summed E-state index contributed by atoms with van der Waals surface area (Å²) in [6, 6.07) is 7.35. The van der Waals surface area contributed by atoms with Gasteiger partial charge < -0.3 is 14.8 Å². The Bertz CT molecular complexity index is 1020. The maximum Gasteiger partial charge on any atom is 0.259 e. The Balaban J connectivity index is 1.42. The van der Waals surface area contributed by atoms with E-state index in [0.717, 1.165) is 47.1 Å². The van der Waals surface area contributed by atoms with Crippen LogP contribution < -0.4 is 20.3 Å². The molecule has 0 radical (unpaired) electrons. The molecule has 2 aliphatic rings. The average Bonchev–Trinajstić information content (AvgIpc) is 3.23. The van der Waals surface area contributed by atoms with Crippen LogP contribution in [0.1, 0.15) is 29.1 Å². The molecule has 0 unspecified atom stereocenters. The third-order valence-electron chi connectivity index (χ3n) is 4.66. The molecule has 0 amide bonds. The van der Waals surface area contributed by atoms with Crippen LogP contribution >= 0.6 is 11.3 Å². The van der Waals surface area contributed by atoms with Crippen LogP contribution in [0.25, 0.3) is 4.96 Å². The van der Waals surface area contributed by atoms with Crippen molar-refractivity contribution in [2.24, 2.45) is 0 Å². The molecule has 0 spiro atoms. The fourth-order valence-electron chi connectivity index (χ4n) is 3.43. The molecule has 25 heavy (non-hydrogen) atoms. The fourth-order valence-corrected chi connectivity index (χ4v) is 4.66. The summed E-state index contributed by atoms with van der Waals surface area (Å²) >= 11 is 1.65. The minimum absolute atomic E-state index is 0.0203. The molecule has 1 aromatic carbocycles. The van der Waals surface area contributed by atoms with Gasteiger partial charge >= 0.3 is 0 Å². The molecule has 0 saturated carbocycles. The van der Waals surface area contributed by atoms with E-state index in [4.69, 9.17) is 14.5 Å². The van der Waals surface area contributed by atoms with Crippen molar-refractivity contribution in [3.63, 3.8) is 0 Å². The number of ether oxygens (including phenoxy) is 2. The van der Waals surface area contributed by atoms with Gasteiger partial charge in [0, 0.05) is 28.4 Å². The average molecular weight is 355 g/mol. The third kappa shape index (κ3) is 2.55. The summed E-state index contributed by atoms with van der Waals surface area (Å²) in [5, 5.41) is 3.30. The summed E-state index contributed by atoms with van der Waals surface area (Å²) < 4.78 is 12.5. The van der Waals surface area contributed by atoms with Crippen molar-refractivity contribution in [1.29, 1.82) is 0 Å². The number of nitrogens with one attached hydrogen (secondary N) is 1. The normalized spacial score (nSPS) is 15.4. The second kappa shape index (κ2) is 5.77. The topological polar surface area (TPSA) is 64.9 Å². The van der Waals surface area contributed by atoms with Crippen molar-refractivity contribution >= 4 is 22.0 Å². The van der Waals surface area contributed by atoms with Crippen molar-refractivity contribution in [2.75, 3.05) is 12.1 Å². The lowest BCUT2D eigenvalue weighted by Crippen LogP contribution is -2.18. The maximum atomic E-state index is 12.6. The van der Waals surface area contributed by atoms with Crippen LogP contribution in [0.15, 0.2) is 29.1 Å². The molecular weight excluding hydrogens is 338 g/mol. The standard InChI is InChI=1S/C18H17N3O3S/c22-17-8-12(9-19-11-5-6-14-15(7-11)24-10-23-14)20-18-21(17)13-3-1-2-4-16(13)25-18/h5-8,19H,1-4,9-10H2. The minimum Gasteiger partial charge on any atom is -0.454 e. The van der Waals surface area contributed by atoms with Gasteiger partial charge in [-0.1, -0.05) is 0 Å². The number of aryl methyl sites for hydroxylation is 2. The number of hydrogen-bond acceptors (Lipinski definition) is 6. The molecule has 1 N–H and O–H groups in total. The first kappa shape index (κ1) is 14.8. The summed E-state index contributed by atoms with van der Waals surface area (Å²) in [7, 11) is 0. The molecule has 0 bridgehead atoms. The van der Waals surface area contributed by atoms with Crippen LogP contribution in [0.3, 0.4) is 0 Å². The molecule has 3 aromatic rings. The van der Waals surface area contributed by atoms with E-state index in [9.17, 15) is 4.79 Å². The third-order valence-corrected chi connectivity index (χ3v) is 5.80. The molecule has 7 heteroatoms. The smallest absolute Gasteiger partial charge is 0.259 e. The molecule has 0 saturated heterocycles. The van der Waals surface area contributed by atoms with E-state index in [-0.39, 0.29) is 12.4 Å². The van der Waals surface area contributed by atoms with E-state index >= 15 is 0 Å². The first-order valence-electron chi connectivity index (χ1n) is 8.45. The van der Waals surface area contributed by atoms with Crippen LogP contribution in [0, 0.1) is 0 Å². The van der Waals surface area contributed by atoms with Gasteiger partial charge in [0.25, 0.3) is 5.56 Å². The van der Waals surface area contributed by atoms with Crippen molar-refractivity contribution in [3.05, 3.63) is 50.9 Å². The molecular formula is C18H17N3O3S. The number of fused-ring (bicyclic) bond motifs is 4. The molecule has 5 rings (SSSR count). The Labute approximate surface area is 148 Å². The van der Waals surface area contributed by atoms with Gasteiger partial charge in [-0.2, -0.15) is 0 Å². The predicted octanol–water partition coefficient (Wildman–Crippen LogP) is 2.98. The predicted molar refractivity (Wildman–Crippen MR) is 95.9 cm³/mol. The van der Waals surface area contributed by atoms with Crippen LogP contribution in [0.2, 0.25) is 0 Å². The molecule has 128 valence electrons. The SMILES string of the molecule is O=c1cc(CNc2ccc3c(c2)OCO3)nc2sc3c(n12)CCCC3. The Morgan fingerprint density at radius 3 is 3.00 bits per heavy atom. The van der Waals surface area contributed by atoms with E-state index in [1.54, 1.807) is 21.8 Å². The van der Waals surface area contributed by atoms with E-state index in [2.05, 4.69) is 5.32 Å². The molecule has 1 aliphatic heterocycles. The summed E-state index contributed by atoms with van der Waals surface area (Å²) in [6.45, 7) is 0.755. The summed E-state index contributed by atoms with van der Waals surface area (Å²) in [5.41, 5.74) is 2.85. The van der Waals surface area contributed by atoms with E-state index in [1.165, 1.54) is 17.0 Å². The van der Waals surface area contributed by atoms with Gasteiger partial charge in [-0.25, -0.2) is 4.98 Å². The Morgan fingerprint density at radius 2 is 2.04 bits per heavy atom. The zero-order valence-electron chi connectivity index (χ0n) is 13.6. The van der Waals surface area contributed by atoms with E-state index in [0.29, 0.717) is 6.54 Å². The van der Waals surface area contributed by atoms with Crippen LogP contribution in [0.5, 0.6) is 11.5 Å². The summed E-state index contributed by atoms with van der Waals surface area (Å²) in [6.07, 6.45) is 4.39. The zero-order valence-corrected chi connectivity index (χ0v) is 14.4. The number of rotatable bonds is 3. The largest absolute Gasteiger partial charge is 0.454 e. The first-order valence-corrected chi connectivity index (χ1v) is 9.26. The monoisotopic (exact) mass is 355 g/mol. The van der Waals surface area contributed by atoms with Gasteiger partial charge in [-0.3, -0.25) is 9.20 Å². The number of thiazole rings is 1. The van der Waals surface area contributed by atoms with Crippen molar-refractivity contribution < 1.29 is 9.47 Å². The highest BCUT2D eigenvalue weighted by atomic mass is 32.1. The molecule has 3 heterocycles. The van der Waals surface area contributed by atoms with Gasteiger partial charge in [0.15, 0.2) is 16.5 Å². The Kier molecular flexibility index (Phi) is 3.41. The molecule has 2 aromatic heterocycles. The van der Waals surface area contributed by atoms with Gasteiger partial charge in [0.2, 0.25) is 6.79 Å². The quantitative estimate of drug-likeness (QED) is 0.782. The van der Waals surface area contributed by atoms with Crippen LogP contribution in [0.4, 0.5) is 5.69 Å². The molecule has 0 atom stereocenters. The number of hydrogen-bond donors (Lipinski definition) is 1. The number of aromatic nitrogens is 2. The van der Waals surface area contributed by atoms with Crippen molar-refractivity contribution in [1.82, 2.24) is 9.38 Å². The second-order valence-electron chi connectivity index (χ2n) is 6.30. The highest BCUT2D eigenvalue weighted by molar-refractivity contribution is 7.17. The fraction of sp³-hybridized carbons (Fsp3) is 0.333. The van der Waals surface area contributed by atoms with Crippen LogP contribution in [-0.2, 0) is 19.4 Å². The lowest BCUT2D eigenvalue weighted by atomic mass is 10.0. The maximum absolute atomic E-state index is 12.6. The van der Waals surface area contributed by atoms with E-state index in [1.807, 2.05) is 18.2 Å². The Morgan fingerprint density at radius 1 is 1.16 bits per heavy atom. The second-order valence-corrected chi connectivity index (χ2v) is 7.37. The zero-order chi connectivity index (χ0) is 16.8. The Hall–Kier alpha value is -2.54. The number of benzene rings is 1. The van der Waals surface area contributed by atoms with Gasteiger partial charge in [0.1, 0.15) is 0 Å². The van der Waals surface area contributed by atoms with Gasteiger partial charge in [0.05, 0.1) is 12.2 Å². The number of nitrogens with zero attached hydrogens (tertiary/aromatic N) is 2. The van der Waals surface area contributed by atoms with Crippen molar-refractivity contribution in [3.8, 4) is 11.5 Å².